The first kappa shape index (κ1) is 25.7. The van der Waals surface area contributed by atoms with Crippen molar-refractivity contribution in [2.24, 2.45) is 4.99 Å². The number of thioether (sulfide) groups is 1. The van der Waals surface area contributed by atoms with E-state index in [1.165, 1.54) is 5.56 Å². The lowest BCUT2D eigenvalue weighted by Gasteiger charge is -2.37. The lowest BCUT2D eigenvalue weighted by molar-refractivity contribution is -0.113. The lowest BCUT2D eigenvalue weighted by Crippen LogP contribution is -2.37. The number of amides is 1. The summed E-state index contributed by atoms with van der Waals surface area (Å²) in [6.45, 7) is 3.93. The van der Waals surface area contributed by atoms with Crippen LogP contribution in [-0.2, 0) is 4.79 Å². The summed E-state index contributed by atoms with van der Waals surface area (Å²) in [4.78, 5) is 21.0. The molecule has 40 heavy (non-hydrogen) atoms. The molecule has 198 valence electrons. The van der Waals surface area contributed by atoms with Crippen LogP contribution >= 0.6 is 11.8 Å². The second-order valence-electron chi connectivity index (χ2n) is 9.78. The maximum absolute atomic E-state index is 13.9. The minimum absolute atomic E-state index is 0.174. The molecular weight excluding hydrogens is 514 g/mol. The van der Waals surface area contributed by atoms with Crippen molar-refractivity contribution >= 4 is 34.2 Å². The fraction of sp³-hybridized carbons (Fsp3) is 0.118. The average Bonchev–Trinajstić information content (AvgIpc) is 3.41. The molecule has 0 spiro atoms. The van der Waals surface area contributed by atoms with Crippen LogP contribution in [0, 0.1) is 6.92 Å². The Morgan fingerprint density at radius 1 is 0.850 bits per heavy atom. The van der Waals surface area contributed by atoms with E-state index in [1.54, 1.807) is 18.9 Å². The number of nitrogens with one attached hydrogen (secondary N) is 1. The molecule has 6 rings (SSSR count). The summed E-state index contributed by atoms with van der Waals surface area (Å²) in [6.07, 6.45) is 0. The fourth-order valence-corrected chi connectivity index (χ4v) is 6.16. The molecule has 1 N–H and O–H groups in total. The topological polar surface area (TPSA) is 53.9 Å². The highest BCUT2D eigenvalue weighted by molar-refractivity contribution is 8.16. The maximum Gasteiger partial charge on any atom is 0.255 e. The van der Waals surface area contributed by atoms with Gasteiger partial charge in [-0.2, -0.15) is 0 Å². The highest BCUT2D eigenvalue weighted by Crippen LogP contribution is 2.47. The molecule has 2 aliphatic rings. The van der Waals surface area contributed by atoms with E-state index in [0.717, 1.165) is 44.6 Å². The first-order chi connectivity index (χ1) is 19.5. The van der Waals surface area contributed by atoms with Gasteiger partial charge in [0.15, 0.2) is 5.17 Å². The van der Waals surface area contributed by atoms with Crippen molar-refractivity contribution in [2.45, 2.75) is 19.9 Å². The molecule has 0 radical (unpaired) electrons. The number of para-hydroxylation sites is 1. The number of benzene rings is 4. The van der Waals surface area contributed by atoms with Gasteiger partial charge in [0.05, 0.1) is 30.1 Å². The lowest BCUT2D eigenvalue weighted by atomic mass is 9.91. The number of hydrogen-bond acceptors (Lipinski definition) is 5. The van der Waals surface area contributed by atoms with Crippen LogP contribution in [0.25, 0.3) is 16.8 Å². The molecule has 1 atom stereocenters. The number of allylic oxidation sites excluding steroid dienone is 1. The van der Waals surface area contributed by atoms with Crippen molar-refractivity contribution in [3.05, 3.63) is 136 Å². The van der Waals surface area contributed by atoms with Crippen LogP contribution in [0.5, 0.6) is 5.75 Å². The van der Waals surface area contributed by atoms with Gasteiger partial charge in [-0.25, -0.2) is 4.99 Å². The van der Waals surface area contributed by atoms with Crippen LogP contribution in [0.2, 0.25) is 0 Å². The number of ether oxygens (including phenoxy) is 1. The summed E-state index contributed by atoms with van der Waals surface area (Å²) >= 11 is 1.58. The zero-order valence-electron chi connectivity index (χ0n) is 22.6. The molecule has 0 saturated heterocycles. The summed E-state index contributed by atoms with van der Waals surface area (Å²) in [5, 5.41) is 6.06. The van der Waals surface area contributed by atoms with Gasteiger partial charge in [0.25, 0.3) is 5.91 Å². The molecule has 0 aromatic heterocycles. The van der Waals surface area contributed by atoms with Crippen LogP contribution in [0.15, 0.2) is 125 Å². The molecule has 6 heteroatoms. The molecule has 4 aromatic carbocycles. The van der Waals surface area contributed by atoms with Crippen LogP contribution < -0.4 is 10.1 Å². The highest BCUT2D eigenvalue weighted by atomic mass is 32.2. The number of nitrogens with zero attached hydrogens (tertiary/aromatic N) is 2. The Kier molecular flexibility index (Phi) is 7.01. The number of aliphatic imine (C=N–C) groups is 1. The zero-order valence-corrected chi connectivity index (χ0v) is 23.4. The minimum Gasteiger partial charge on any atom is -0.496 e. The second kappa shape index (κ2) is 10.9. The Balaban J connectivity index is 1.43. The third-order valence-electron chi connectivity index (χ3n) is 7.24. The molecule has 0 unspecified atom stereocenters. The Hall–Kier alpha value is -4.55. The average molecular weight is 544 g/mol. The minimum atomic E-state index is -0.388. The zero-order chi connectivity index (χ0) is 27.6. The molecule has 4 aromatic rings. The molecule has 1 amide bonds. The Labute approximate surface area is 238 Å². The van der Waals surface area contributed by atoms with E-state index < -0.39 is 0 Å². The van der Waals surface area contributed by atoms with Crippen LogP contribution in [0.3, 0.4) is 0 Å². The van der Waals surface area contributed by atoms with Crippen molar-refractivity contribution < 1.29 is 9.53 Å². The van der Waals surface area contributed by atoms with Gasteiger partial charge in [-0.05, 0) is 59.9 Å². The second-order valence-corrected chi connectivity index (χ2v) is 10.6. The number of anilines is 1. The molecule has 0 bridgehead atoms. The van der Waals surface area contributed by atoms with Gasteiger partial charge in [-0.3, -0.25) is 4.79 Å². The molecule has 2 aliphatic heterocycles. The standard InChI is InChI=1S/C34H29N3O2S/c1-22-14-15-27(20-30(22)39-3)32-31(33(38)36-28-12-8-5-9-13-28)23(2)35-34-37(32)29(21-40-34)26-18-16-25(17-19-26)24-10-6-4-7-11-24/h4-21,32H,1-3H3,(H,36,38)/t32-/m1/s1. The summed E-state index contributed by atoms with van der Waals surface area (Å²) in [6, 6.07) is 34.2. The summed E-state index contributed by atoms with van der Waals surface area (Å²) in [7, 11) is 1.68. The van der Waals surface area contributed by atoms with Crippen LogP contribution in [-0.4, -0.2) is 23.1 Å². The van der Waals surface area contributed by atoms with Crippen molar-refractivity contribution in [3.8, 4) is 16.9 Å². The van der Waals surface area contributed by atoms with E-state index in [1.807, 2.05) is 74.5 Å². The molecule has 5 nitrogen and oxygen atoms in total. The van der Waals surface area contributed by atoms with Crippen molar-refractivity contribution in [3.63, 3.8) is 0 Å². The normalized spacial score (nSPS) is 16.3. The van der Waals surface area contributed by atoms with E-state index in [0.29, 0.717) is 11.3 Å². The van der Waals surface area contributed by atoms with Gasteiger partial charge in [0.2, 0.25) is 0 Å². The predicted molar refractivity (Wildman–Crippen MR) is 165 cm³/mol. The first-order valence-corrected chi connectivity index (χ1v) is 14.0. The Morgan fingerprint density at radius 3 is 2.20 bits per heavy atom. The molecule has 0 aliphatic carbocycles. The summed E-state index contributed by atoms with van der Waals surface area (Å²) in [5.74, 6) is 0.610. The van der Waals surface area contributed by atoms with E-state index >= 15 is 0 Å². The number of hydrogen-bond donors (Lipinski definition) is 1. The monoisotopic (exact) mass is 543 g/mol. The number of amidine groups is 1. The highest BCUT2D eigenvalue weighted by Gasteiger charge is 2.40. The van der Waals surface area contributed by atoms with Gasteiger partial charge in [0, 0.05) is 11.1 Å². The number of fused-ring (bicyclic) bond motifs is 1. The number of methoxy groups -OCH3 is 1. The van der Waals surface area contributed by atoms with Gasteiger partial charge in [-0.1, -0.05) is 96.7 Å². The van der Waals surface area contributed by atoms with E-state index in [2.05, 4.69) is 58.1 Å². The largest absolute Gasteiger partial charge is 0.496 e. The van der Waals surface area contributed by atoms with E-state index in [4.69, 9.17) is 9.73 Å². The third kappa shape index (κ3) is 4.82. The Morgan fingerprint density at radius 2 is 1.50 bits per heavy atom. The number of rotatable bonds is 6. The van der Waals surface area contributed by atoms with Crippen LogP contribution in [0.1, 0.15) is 29.7 Å². The van der Waals surface area contributed by atoms with Gasteiger partial charge < -0.3 is 15.0 Å². The van der Waals surface area contributed by atoms with Crippen molar-refractivity contribution in [1.82, 2.24) is 4.90 Å². The van der Waals surface area contributed by atoms with Crippen LogP contribution in [0.4, 0.5) is 5.69 Å². The SMILES string of the molecule is COc1cc([C@@H]2C(C(=O)Nc3ccccc3)=C(C)N=C3SC=C(c4ccc(-c5ccccc5)cc4)N32)ccc1C. The van der Waals surface area contributed by atoms with E-state index in [9.17, 15) is 4.79 Å². The van der Waals surface area contributed by atoms with Gasteiger partial charge in [-0.15, -0.1) is 0 Å². The molecule has 0 saturated carbocycles. The fourth-order valence-electron chi connectivity index (χ4n) is 5.19. The van der Waals surface area contributed by atoms with Gasteiger partial charge >= 0.3 is 0 Å². The van der Waals surface area contributed by atoms with Gasteiger partial charge in [0.1, 0.15) is 5.75 Å². The van der Waals surface area contributed by atoms with Crippen molar-refractivity contribution in [1.29, 1.82) is 0 Å². The number of carbonyl (C=O) groups excluding carboxylic acids is 1. The predicted octanol–water partition coefficient (Wildman–Crippen LogP) is 8.04. The molecule has 2 heterocycles. The first-order valence-electron chi connectivity index (χ1n) is 13.2. The Bertz CT molecular complexity index is 1660. The van der Waals surface area contributed by atoms with E-state index in [-0.39, 0.29) is 11.9 Å². The molecule has 0 fully saturated rings. The third-order valence-corrected chi connectivity index (χ3v) is 8.08. The maximum atomic E-state index is 13.9. The smallest absolute Gasteiger partial charge is 0.255 e. The summed E-state index contributed by atoms with van der Waals surface area (Å²) < 4.78 is 5.69. The summed E-state index contributed by atoms with van der Waals surface area (Å²) in [5.41, 5.74) is 8.43. The number of carbonyl (C=O) groups is 1. The quantitative estimate of drug-likeness (QED) is 0.267. The number of aryl methyl sites for hydroxylation is 1. The molecular formula is C34H29N3O2S. The van der Waals surface area contributed by atoms with Crippen molar-refractivity contribution in [2.75, 3.05) is 12.4 Å².